The lowest BCUT2D eigenvalue weighted by molar-refractivity contribution is 0.419. The molecule has 0 radical (unpaired) electrons. The Morgan fingerprint density at radius 1 is 1.38 bits per heavy atom. The smallest absolute Gasteiger partial charge is 0.202 e. The van der Waals surface area contributed by atoms with E-state index in [9.17, 15) is 4.39 Å². The average molecular weight is 179 g/mol. The van der Waals surface area contributed by atoms with Gasteiger partial charge < -0.3 is 0 Å². The Hall–Kier alpha value is -1.36. The van der Waals surface area contributed by atoms with Crippen LogP contribution in [-0.4, -0.2) is 4.98 Å². The van der Waals surface area contributed by atoms with Crippen LogP contribution in [0.5, 0.6) is 0 Å². The minimum absolute atomic E-state index is 0.377. The first-order chi connectivity index (χ1) is 6.34. The number of aromatic nitrogens is 1. The standard InChI is InChI=1S/C9H8FN.C2H6/c1-2-5-8(10)9-6-3-4-7-11-9;1-2/h3-4,6-8H,1H3;1-2H3. The van der Waals surface area contributed by atoms with Crippen molar-refractivity contribution in [3.63, 3.8) is 0 Å². The van der Waals surface area contributed by atoms with Gasteiger partial charge in [-0.25, -0.2) is 4.39 Å². The van der Waals surface area contributed by atoms with E-state index in [1.807, 2.05) is 13.8 Å². The van der Waals surface area contributed by atoms with Crippen molar-refractivity contribution in [2.45, 2.75) is 26.9 Å². The van der Waals surface area contributed by atoms with E-state index in [1.165, 1.54) is 0 Å². The number of halogens is 1. The van der Waals surface area contributed by atoms with Gasteiger partial charge in [0.2, 0.25) is 6.17 Å². The molecule has 13 heavy (non-hydrogen) atoms. The fourth-order valence-corrected chi connectivity index (χ4v) is 0.727. The van der Waals surface area contributed by atoms with Crippen LogP contribution in [0.3, 0.4) is 0 Å². The van der Waals surface area contributed by atoms with Gasteiger partial charge in [0.15, 0.2) is 0 Å². The minimum atomic E-state index is -1.25. The zero-order chi connectivity index (χ0) is 10.1. The van der Waals surface area contributed by atoms with Gasteiger partial charge >= 0.3 is 0 Å². The fourth-order valence-electron chi connectivity index (χ4n) is 0.727. The molecule has 0 aliphatic carbocycles. The predicted molar refractivity (Wildman–Crippen MR) is 52.9 cm³/mol. The number of rotatable bonds is 1. The number of alkyl halides is 1. The number of nitrogens with zero attached hydrogens (tertiary/aromatic N) is 1. The molecule has 0 spiro atoms. The van der Waals surface area contributed by atoms with Crippen LogP contribution in [-0.2, 0) is 0 Å². The molecule has 1 rings (SSSR count). The quantitative estimate of drug-likeness (QED) is 0.603. The molecule has 1 heterocycles. The van der Waals surface area contributed by atoms with Crippen molar-refractivity contribution in [2.24, 2.45) is 0 Å². The van der Waals surface area contributed by atoms with E-state index in [0.717, 1.165) is 0 Å². The predicted octanol–water partition coefficient (Wildman–Crippen LogP) is 3.14. The minimum Gasteiger partial charge on any atom is -0.257 e. The van der Waals surface area contributed by atoms with Gasteiger partial charge in [-0.3, -0.25) is 4.98 Å². The average Bonchev–Trinajstić information content (AvgIpc) is 2.23. The SMILES string of the molecule is CC.CC#CC(F)c1ccccn1. The van der Waals surface area contributed by atoms with Crippen LogP contribution in [0.1, 0.15) is 32.6 Å². The molecule has 0 aromatic carbocycles. The van der Waals surface area contributed by atoms with Gasteiger partial charge in [0, 0.05) is 6.20 Å². The van der Waals surface area contributed by atoms with Crippen molar-refractivity contribution in [2.75, 3.05) is 0 Å². The summed E-state index contributed by atoms with van der Waals surface area (Å²) in [7, 11) is 0. The zero-order valence-electron chi connectivity index (χ0n) is 8.21. The lowest BCUT2D eigenvalue weighted by Crippen LogP contribution is -1.90. The summed E-state index contributed by atoms with van der Waals surface area (Å²) in [4.78, 5) is 3.82. The first-order valence-electron chi connectivity index (χ1n) is 4.32. The first-order valence-corrected chi connectivity index (χ1v) is 4.32. The Morgan fingerprint density at radius 3 is 2.54 bits per heavy atom. The molecule has 0 N–H and O–H groups in total. The van der Waals surface area contributed by atoms with E-state index >= 15 is 0 Å². The molecule has 0 aliphatic rings. The van der Waals surface area contributed by atoms with Gasteiger partial charge in [0.05, 0.1) is 5.69 Å². The molecule has 1 aromatic rings. The number of hydrogen-bond donors (Lipinski definition) is 0. The summed E-state index contributed by atoms with van der Waals surface area (Å²) < 4.78 is 12.9. The Kier molecular flexibility index (Phi) is 6.53. The highest BCUT2D eigenvalue weighted by Crippen LogP contribution is 2.11. The molecule has 1 nitrogen and oxygen atoms in total. The molecule has 1 atom stereocenters. The molecule has 1 aromatic heterocycles. The van der Waals surface area contributed by atoms with Crippen molar-refractivity contribution in [3.05, 3.63) is 30.1 Å². The van der Waals surface area contributed by atoms with Crippen LogP contribution in [0.4, 0.5) is 4.39 Å². The summed E-state index contributed by atoms with van der Waals surface area (Å²) in [6.45, 7) is 5.61. The molecule has 0 amide bonds. The molecule has 0 fully saturated rings. The lowest BCUT2D eigenvalue weighted by Gasteiger charge is -1.96. The molecule has 0 aliphatic heterocycles. The number of pyridine rings is 1. The third-order valence-electron chi connectivity index (χ3n) is 1.22. The normalized spacial score (nSPS) is 10.2. The van der Waals surface area contributed by atoms with E-state index in [4.69, 9.17) is 0 Å². The monoisotopic (exact) mass is 179 g/mol. The highest BCUT2D eigenvalue weighted by Gasteiger charge is 2.04. The van der Waals surface area contributed by atoms with Crippen LogP contribution in [0.25, 0.3) is 0 Å². The molecule has 1 unspecified atom stereocenters. The molecular weight excluding hydrogens is 165 g/mol. The summed E-state index contributed by atoms with van der Waals surface area (Å²) in [5, 5.41) is 0. The van der Waals surface area contributed by atoms with Crippen LogP contribution in [0.15, 0.2) is 24.4 Å². The highest BCUT2D eigenvalue weighted by molar-refractivity contribution is 5.17. The largest absolute Gasteiger partial charge is 0.257 e. The summed E-state index contributed by atoms with van der Waals surface area (Å²) in [6.07, 6.45) is 0.306. The van der Waals surface area contributed by atoms with E-state index in [1.54, 1.807) is 31.3 Å². The van der Waals surface area contributed by atoms with Crippen LogP contribution in [0, 0.1) is 11.8 Å². The van der Waals surface area contributed by atoms with E-state index in [-0.39, 0.29) is 0 Å². The van der Waals surface area contributed by atoms with E-state index in [0.29, 0.717) is 5.69 Å². The third kappa shape index (κ3) is 4.27. The Bertz CT molecular complexity index is 271. The van der Waals surface area contributed by atoms with Gasteiger partial charge in [-0.05, 0) is 19.1 Å². The summed E-state index contributed by atoms with van der Waals surface area (Å²) >= 11 is 0. The molecule has 0 saturated heterocycles. The summed E-state index contributed by atoms with van der Waals surface area (Å²) in [6, 6.07) is 5.11. The van der Waals surface area contributed by atoms with E-state index in [2.05, 4.69) is 16.8 Å². The molecule has 70 valence electrons. The summed E-state index contributed by atoms with van der Waals surface area (Å²) in [5.41, 5.74) is 0.377. The van der Waals surface area contributed by atoms with Gasteiger partial charge in [0.1, 0.15) is 0 Å². The lowest BCUT2D eigenvalue weighted by atomic mass is 10.2. The van der Waals surface area contributed by atoms with Crippen molar-refractivity contribution < 1.29 is 4.39 Å². The van der Waals surface area contributed by atoms with Gasteiger partial charge in [-0.15, -0.1) is 5.92 Å². The van der Waals surface area contributed by atoms with Crippen molar-refractivity contribution in [1.29, 1.82) is 0 Å². The topological polar surface area (TPSA) is 12.9 Å². The van der Waals surface area contributed by atoms with Gasteiger partial charge in [0.25, 0.3) is 0 Å². The van der Waals surface area contributed by atoms with Crippen molar-refractivity contribution >= 4 is 0 Å². The third-order valence-corrected chi connectivity index (χ3v) is 1.22. The first kappa shape index (κ1) is 11.6. The fraction of sp³-hybridized carbons (Fsp3) is 0.364. The second-order valence-electron chi connectivity index (χ2n) is 2.01. The van der Waals surface area contributed by atoms with Crippen molar-refractivity contribution in [3.8, 4) is 11.8 Å². The maximum atomic E-state index is 12.9. The van der Waals surface area contributed by atoms with Gasteiger partial charge in [-0.1, -0.05) is 25.8 Å². The molecule has 2 heteroatoms. The molecule has 0 saturated carbocycles. The molecular formula is C11H14FN. The maximum absolute atomic E-state index is 12.9. The Labute approximate surface area is 79.0 Å². The van der Waals surface area contributed by atoms with Crippen LogP contribution in [0.2, 0.25) is 0 Å². The highest BCUT2D eigenvalue weighted by atomic mass is 19.1. The van der Waals surface area contributed by atoms with E-state index < -0.39 is 6.17 Å². The number of hydrogen-bond acceptors (Lipinski definition) is 1. The van der Waals surface area contributed by atoms with Crippen LogP contribution < -0.4 is 0 Å². The van der Waals surface area contributed by atoms with Crippen LogP contribution >= 0.6 is 0 Å². The second kappa shape index (κ2) is 7.30. The molecule has 0 bridgehead atoms. The Balaban J connectivity index is 0.000000671. The Morgan fingerprint density at radius 2 is 2.08 bits per heavy atom. The van der Waals surface area contributed by atoms with Crippen molar-refractivity contribution in [1.82, 2.24) is 4.98 Å². The second-order valence-corrected chi connectivity index (χ2v) is 2.01. The summed E-state index contributed by atoms with van der Waals surface area (Å²) in [5.74, 6) is 4.88. The maximum Gasteiger partial charge on any atom is 0.202 e. The zero-order valence-corrected chi connectivity index (χ0v) is 8.21. The van der Waals surface area contributed by atoms with Gasteiger partial charge in [-0.2, -0.15) is 0 Å².